The van der Waals surface area contributed by atoms with Gasteiger partial charge in [0.15, 0.2) is 0 Å². The summed E-state index contributed by atoms with van der Waals surface area (Å²) in [6, 6.07) is 6.19. The highest BCUT2D eigenvalue weighted by Crippen LogP contribution is 2.26. The molecule has 0 saturated carbocycles. The lowest BCUT2D eigenvalue weighted by molar-refractivity contribution is -0.137. The molecule has 1 unspecified atom stereocenters. The smallest absolute Gasteiger partial charge is 0.303 e. The molecule has 1 aliphatic carbocycles. The average molecular weight is 248 g/mol. The van der Waals surface area contributed by atoms with Crippen LogP contribution >= 0.6 is 0 Å². The lowest BCUT2D eigenvalue weighted by atomic mass is 9.89. The molecule has 2 N–H and O–H groups in total. The van der Waals surface area contributed by atoms with E-state index in [1.807, 2.05) is 6.07 Å². The van der Waals surface area contributed by atoms with Crippen molar-refractivity contribution in [2.24, 2.45) is 0 Å². The minimum Gasteiger partial charge on any atom is -0.481 e. The summed E-state index contributed by atoms with van der Waals surface area (Å²) in [6.07, 6.45) is 5.37. The van der Waals surface area contributed by atoms with Crippen LogP contribution in [0.25, 0.3) is 0 Å². The Morgan fingerprint density at radius 3 is 2.67 bits per heavy atom. The second kappa shape index (κ2) is 6.01. The largest absolute Gasteiger partial charge is 0.481 e. The van der Waals surface area contributed by atoms with Crippen molar-refractivity contribution in [3.05, 3.63) is 34.9 Å². The predicted octanol–water partition coefficient (Wildman–Crippen LogP) is 2.85. The highest BCUT2D eigenvalue weighted by Gasteiger charge is 2.13. The fraction of sp³-hybridized carbons (Fsp3) is 0.533. The van der Waals surface area contributed by atoms with E-state index < -0.39 is 12.1 Å². The third kappa shape index (κ3) is 3.33. The molecule has 0 heterocycles. The molecule has 0 aliphatic heterocycles. The zero-order chi connectivity index (χ0) is 13.0. The van der Waals surface area contributed by atoms with Gasteiger partial charge in [-0.05, 0) is 55.2 Å². The maximum atomic E-state index is 10.4. The van der Waals surface area contributed by atoms with Crippen LogP contribution in [-0.2, 0) is 17.6 Å². The molecule has 2 rings (SSSR count). The molecule has 98 valence electrons. The van der Waals surface area contributed by atoms with Crippen molar-refractivity contribution in [2.45, 2.75) is 51.0 Å². The molecule has 18 heavy (non-hydrogen) atoms. The second-order valence-corrected chi connectivity index (χ2v) is 5.04. The molecular weight excluding hydrogens is 228 g/mol. The Morgan fingerprint density at radius 2 is 1.94 bits per heavy atom. The maximum absolute atomic E-state index is 10.4. The zero-order valence-electron chi connectivity index (χ0n) is 10.6. The molecule has 1 atom stereocenters. The fourth-order valence-electron chi connectivity index (χ4n) is 2.57. The van der Waals surface area contributed by atoms with Gasteiger partial charge in [-0.15, -0.1) is 0 Å². The van der Waals surface area contributed by atoms with E-state index in [4.69, 9.17) is 5.11 Å². The van der Waals surface area contributed by atoms with Crippen LogP contribution in [0.15, 0.2) is 18.2 Å². The van der Waals surface area contributed by atoms with Crippen LogP contribution in [0.3, 0.4) is 0 Å². The second-order valence-electron chi connectivity index (χ2n) is 5.04. The fourth-order valence-corrected chi connectivity index (χ4v) is 2.57. The first-order valence-corrected chi connectivity index (χ1v) is 6.68. The Hall–Kier alpha value is -1.35. The van der Waals surface area contributed by atoms with E-state index in [-0.39, 0.29) is 6.42 Å². The highest BCUT2D eigenvalue weighted by molar-refractivity contribution is 5.66. The van der Waals surface area contributed by atoms with E-state index in [1.54, 1.807) is 0 Å². The summed E-state index contributed by atoms with van der Waals surface area (Å²) in [5, 5.41) is 18.6. The number of aliphatic carboxylic acids is 1. The number of rotatable bonds is 5. The summed E-state index contributed by atoms with van der Waals surface area (Å²) in [5.41, 5.74) is 3.69. The first kappa shape index (κ1) is 13.1. The van der Waals surface area contributed by atoms with Crippen molar-refractivity contribution in [3.8, 4) is 0 Å². The zero-order valence-corrected chi connectivity index (χ0v) is 10.6. The molecule has 0 radical (unpaired) electrons. The minimum absolute atomic E-state index is 0.127. The third-order valence-electron chi connectivity index (χ3n) is 3.63. The Bertz CT molecular complexity index is 426. The van der Waals surface area contributed by atoms with Gasteiger partial charge in [0.2, 0.25) is 0 Å². The van der Waals surface area contributed by atoms with Crippen molar-refractivity contribution in [3.63, 3.8) is 0 Å². The average Bonchev–Trinajstić information content (AvgIpc) is 2.37. The van der Waals surface area contributed by atoms with Gasteiger partial charge in [-0.1, -0.05) is 18.2 Å². The van der Waals surface area contributed by atoms with Gasteiger partial charge >= 0.3 is 5.97 Å². The van der Waals surface area contributed by atoms with Gasteiger partial charge in [0.1, 0.15) is 0 Å². The molecule has 0 amide bonds. The van der Waals surface area contributed by atoms with E-state index in [1.165, 1.54) is 24.0 Å². The van der Waals surface area contributed by atoms with E-state index >= 15 is 0 Å². The Kier molecular flexibility index (Phi) is 4.37. The number of aliphatic hydroxyl groups excluding tert-OH is 1. The van der Waals surface area contributed by atoms with Crippen LogP contribution in [0.1, 0.15) is 54.9 Å². The van der Waals surface area contributed by atoms with Crippen LogP contribution in [0.2, 0.25) is 0 Å². The molecule has 0 spiro atoms. The summed E-state index contributed by atoms with van der Waals surface area (Å²) in [5.74, 6) is -0.798. The van der Waals surface area contributed by atoms with Gasteiger partial charge in [-0.25, -0.2) is 0 Å². The lowest BCUT2D eigenvalue weighted by Gasteiger charge is -2.18. The van der Waals surface area contributed by atoms with Crippen LogP contribution in [0, 0.1) is 0 Å². The van der Waals surface area contributed by atoms with Crippen LogP contribution in [0.5, 0.6) is 0 Å². The number of hydrogen-bond donors (Lipinski definition) is 2. The van der Waals surface area contributed by atoms with E-state index in [0.717, 1.165) is 18.4 Å². The van der Waals surface area contributed by atoms with Gasteiger partial charge in [-0.3, -0.25) is 4.79 Å². The van der Waals surface area contributed by atoms with Crippen molar-refractivity contribution < 1.29 is 15.0 Å². The summed E-state index contributed by atoms with van der Waals surface area (Å²) in [6.45, 7) is 0. The predicted molar refractivity (Wildman–Crippen MR) is 69.5 cm³/mol. The molecule has 1 aromatic rings. The Balaban J connectivity index is 1.97. The van der Waals surface area contributed by atoms with Crippen LogP contribution in [0.4, 0.5) is 0 Å². The molecule has 3 heteroatoms. The van der Waals surface area contributed by atoms with Gasteiger partial charge in [-0.2, -0.15) is 0 Å². The molecule has 0 aromatic heterocycles. The quantitative estimate of drug-likeness (QED) is 0.842. The van der Waals surface area contributed by atoms with Gasteiger partial charge in [0, 0.05) is 6.42 Å². The van der Waals surface area contributed by atoms with Gasteiger partial charge in [0.05, 0.1) is 6.10 Å². The molecule has 0 bridgehead atoms. The number of carbonyl (C=O) groups is 1. The van der Waals surface area contributed by atoms with Crippen LogP contribution in [-0.4, -0.2) is 16.2 Å². The minimum atomic E-state index is -0.798. The number of carboxylic acid groups (broad SMARTS) is 1. The first-order chi connectivity index (χ1) is 8.66. The normalized spacial score (nSPS) is 16.1. The van der Waals surface area contributed by atoms with Crippen molar-refractivity contribution in [1.29, 1.82) is 0 Å². The highest BCUT2D eigenvalue weighted by atomic mass is 16.4. The molecule has 1 aliphatic rings. The SMILES string of the molecule is O=C(O)CCCC(O)c1ccc2c(c1)CCCC2. The molecule has 1 aromatic carbocycles. The molecule has 3 nitrogen and oxygen atoms in total. The van der Waals surface area contributed by atoms with Gasteiger partial charge < -0.3 is 10.2 Å². The summed E-state index contributed by atoms with van der Waals surface area (Å²) in [7, 11) is 0. The first-order valence-electron chi connectivity index (χ1n) is 6.68. The van der Waals surface area contributed by atoms with Crippen molar-refractivity contribution in [1.82, 2.24) is 0 Å². The third-order valence-corrected chi connectivity index (χ3v) is 3.63. The van der Waals surface area contributed by atoms with Gasteiger partial charge in [0.25, 0.3) is 0 Å². The molecule has 0 saturated heterocycles. The summed E-state index contributed by atoms with van der Waals surface area (Å²) >= 11 is 0. The summed E-state index contributed by atoms with van der Waals surface area (Å²) in [4.78, 5) is 10.4. The van der Waals surface area contributed by atoms with E-state index in [9.17, 15) is 9.90 Å². The standard InChI is InChI=1S/C15H20O3/c16-14(6-3-7-15(17)18)13-9-8-11-4-1-2-5-12(11)10-13/h8-10,14,16H,1-7H2,(H,17,18). The number of aryl methyl sites for hydroxylation is 2. The summed E-state index contributed by atoms with van der Waals surface area (Å²) < 4.78 is 0. The number of benzene rings is 1. The van der Waals surface area contributed by atoms with Crippen molar-refractivity contribution in [2.75, 3.05) is 0 Å². The monoisotopic (exact) mass is 248 g/mol. The maximum Gasteiger partial charge on any atom is 0.303 e. The number of hydrogen-bond acceptors (Lipinski definition) is 2. The number of carboxylic acids is 1. The van der Waals surface area contributed by atoms with Crippen molar-refractivity contribution >= 4 is 5.97 Å². The Labute approximate surface area is 107 Å². The molecular formula is C15H20O3. The number of aliphatic hydroxyl groups is 1. The Morgan fingerprint density at radius 1 is 1.22 bits per heavy atom. The van der Waals surface area contributed by atoms with E-state index in [2.05, 4.69) is 12.1 Å². The number of fused-ring (bicyclic) bond motifs is 1. The topological polar surface area (TPSA) is 57.5 Å². The lowest BCUT2D eigenvalue weighted by Crippen LogP contribution is -2.06. The van der Waals surface area contributed by atoms with Crippen LogP contribution < -0.4 is 0 Å². The molecule has 0 fully saturated rings. The van der Waals surface area contributed by atoms with E-state index in [0.29, 0.717) is 12.8 Å².